The Labute approximate surface area is 193 Å². The lowest BCUT2D eigenvalue weighted by Gasteiger charge is -2.38. The summed E-state index contributed by atoms with van der Waals surface area (Å²) in [6.07, 6.45) is 6.12. The minimum absolute atomic E-state index is 0.206. The molecule has 5 rings (SSSR count). The van der Waals surface area contributed by atoms with E-state index in [1.807, 2.05) is 12.1 Å². The molecule has 0 radical (unpaired) electrons. The Morgan fingerprint density at radius 2 is 1.66 bits per heavy atom. The molecule has 3 aliphatic rings. The Bertz CT molecular complexity index is 917. The molecule has 32 heavy (non-hydrogen) atoms. The fourth-order valence-corrected chi connectivity index (χ4v) is 5.72. The van der Waals surface area contributed by atoms with Gasteiger partial charge >= 0.3 is 0 Å². The van der Waals surface area contributed by atoms with Crippen molar-refractivity contribution in [2.45, 2.75) is 45.6 Å². The number of fused-ring (bicyclic) bond motifs is 1. The molecule has 1 amide bonds. The van der Waals surface area contributed by atoms with Crippen LogP contribution in [-0.4, -0.2) is 55.0 Å². The highest BCUT2D eigenvalue weighted by Crippen LogP contribution is 2.26. The number of nitrogens with zero attached hydrogens (tertiary/aromatic N) is 3. The van der Waals surface area contributed by atoms with Gasteiger partial charge in [0.15, 0.2) is 0 Å². The van der Waals surface area contributed by atoms with Gasteiger partial charge in [-0.3, -0.25) is 4.79 Å². The average Bonchev–Trinajstić information content (AvgIpc) is 2.85. The van der Waals surface area contributed by atoms with Crippen molar-refractivity contribution < 1.29 is 4.79 Å². The van der Waals surface area contributed by atoms with Crippen LogP contribution >= 0.6 is 0 Å². The van der Waals surface area contributed by atoms with E-state index in [9.17, 15) is 4.79 Å². The Morgan fingerprint density at radius 1 is 0.906 bits per heavy atom. The van der Waals surface area contributed by atoms with E-state index in [0.29, 0.717) is 5.92 Å². The van der Waals surface area contributed by atoms with Crippen molar-refractivity contribution in [2.75, 3.05) is 44.2 Å². The van der Waals surface area contributed by atoms with Crippen molar-refractivity contribution in [3.63, 3.8) is 0 Å². The van der Waals surface area contributed by atoms with E-state index >= 15 is 0 Å². The molecule has 1 atom stereocenters. The van der Waals surface area contributed by atoms with Crippen LogP contribution < -0.4 is 4.90 Å². The Kier molecular flexibility index (Phi) is 6.49. The molecule has 0 spiro atoms. The topological polar surface area (TPSA) is 26.8 Å². The number of benzene rings is 2. The van der Waals surface area contributed by atoms with Crippen LogP contribution in [0, 0.1) is 11.8 Å². The van der Waals surface area contributed by atoms with Crippen molar-refractivity contribution in [3.8, 4) is 0 Å². The Balaban J connectivity index is 1.18. The lowest BCUT2D eigenvalue weighted by Crippen LogP contribution is -2.45. The van der Waals surface area contributed by atoms with Gasteiger partial charge in [-0.2, -0.15) is 0 Å². The molecule has 4 heteroatoms. The molecular formula is C28H37N3O. The molecule has 2 saturated heterocycles. The minimum atomic E-state index is 0.206. The summed E-state index contributed by atoms with van der Waals surface area (Å²) < 4.78 is 0. The number of likely N-dealkylation sites (tertiary alicyclic amines) is 2. The summed E-state index contributed by atoms with van der Waals surface area (Å²) in [7, 11) is 0. The third-order valence-corrected chi connectivity index (χ3v) is 7.81. The van der Waals surface area contributed by atoms with Gasteiger partial charge < -0.3 is 14.7 Å². The number of rotatable bonds is 4. The van der Waals surface area contributed by atoms with Gasteiger partial charge in [-0.05, 0) is 92.4 Å². The summed E-state index contributed by atoms with van der Waals surface area (Å²) in [5, 5.41) is 0. The second kappa shape index (κ2) is 9.66. The predicted octanol–water partition coefficient (Wildman–Crippen LogP) is 4.83. The summed E-state index contributed by atoms with van der Waals surface area (Å²) >= 11 is 0. The number of carbonyl (C=O) groups excluding carboxylic acids is 1. The second-order valence-electron chi connectivity index (χ2n) is 10.2. The van der Waals surface area contributed by atoms with Gasteiger partial charge in [-0.25, -0.2) is 0 Å². The van der Waals surface area contributed by atoms with Crippen LogP contribution in [0.4, 0.5) is 5.69 Å². The zero-order valence-electron chi connectivity index (χ0n) is 19.5. The van der Waals surface area contributed by atoms with E-state index in [1.54, 1.807) is 0 Å². The molecule has 3 heterocycles. The molecule has 0 aliphatic carbocycles. The maximum atomic E-state index is 13.2. The van der Waals surface area contributed by atoms with Gasteiger partial charge in [0, 0.05) is 44.0 Å². The zero-order chi connectivity index (χ0) is 21.9. The summed E-state index contributed by atoms with van der Waals surface area (Å²) in [4.78, 5) is 20.4. The van der Waals surface area contributed by atoms with E-state index in [1.165, 1.54) is 49.2 Å². The van der Waals surface area contributed by atoms with Crippen molar-refractivity contribution in [2.24, 2.45) is 11.8 Å². The quantitative estimate of drug-likeness (QED) is 0.694. The first-order valence-corrected chi connectivity index (χ1v) is 12.6. The molecule has 4 nitrogen and oxygen atoms in total. The molecule has 2 aromatic carbocycles. The van der Waals surface area contributed by atoms with Crippen LogP contribution in [-0.2, 0) is 13.0 Å². The van der Waals surface area contributed by atoms with Crippen molar-refractivity contribution in [1.82, 2.24) is 9.80 Å². The largest absolute Gasteiger partial charge is 0.367 e. The van der Waals surface area contributed by atoms with Gasteiger partial charge in [0.1, 0.15) is 0 Å². The molecule has 0 N–H and O–H groups in total. The van der Waals surface area contributed by atoms with Crippen LogP contribution in [0.25, 0.3) is 0 Å². The predicted molar refractivity (Wildman–Crippen MR) is 131 cm³/mol. The molecule has 1 unspecified atom stereocenters. The molecule has 170 valence electrons. The molecule has 2 fully saturated rings. The maximum absolute atomic E-state index is 13.2. The smallest absolute Gasteiger partial charge is 0.253 e. The molecule has 0 saturated carbocycles. The van der Waals surface area contributed by atoms with Crippen molar-refractivity contribution >= 4 is 11.6 Å². The fraction of sp³-hybridized carbons (Fsp3) is 0.536. The van der Waals surface area contributed by atoms with Gasteiger partial charge in [0.2, 0.25) is 0 Å². The Hall–Kier alpha value is -2.33. The number of piperidine rings is 2. The average molecular weight is 432 g/mol. The minimum Gasteiger partial charge on any atom is -0.367 e. The Morgan fingerprint density at radius 3 is 2.44 bits per heavy atom. The van der Waals surface area contributed by atoms with Crippen molar-refractivity contribution in [3.05, 3.63) is 65.2 Å². The molecule has 0 bridgehead atoms. The third kappa shape index (κ3) is 4.85. The summed E-state index contributed by atoms with van der Waals surface area (Å²) in [5.74, 6) is 1.70. The van der Waals surface area contributed by atoms with E-state index in [4.69, 9.17) is 0 Å². The third-order valence-electron chi connectivity index (χ3n) is 7.81. The second-order valence-corrected chi connectivity index (χ2v) is 10.2. The highest BCUT2D eigenvalue weighted by molar-refractivity contribution is 5.94. The normalized spacial score (nSPS) is 22.6. The van der Waals surface area contributed by atoms with E-state index < -0.39 is 0 Å². The fourth-order valence-electron chi connectivity index (χ4n) is 5.72. The van der Waals surface area contributed by atoms with Crippen LogP contribution in [0.15, 0.2) is 48.5 Å². The SMILES string of the molecule is CC1CCN(CC2CCCN(C(=O)c3ccc(N4CCc5ccccc5C4)cc3)C2)CC1. The standard InChI is InChI=1S/C28H37N3O/c1-22-12-16-29(17-13-22)19-23-5-4-15-31(20-23)28(32)25-8-10-27(11-9-25)30-18-14-24-6-2-3-7-26(24)21-30/h2-3,6-11,22-23H,4-5,12-21H2,1H3. The highest BCUT2D eigenvalue weighted by Gasteiger charge is 2.27. The van der Waals surface area contributed by atoms with E-state index in [-0.39, 0.29) is 5.91 Å². The van der Waals surface area contributed by atoms with Gasteiger partial charge in [0.25, 0.3) is 5.91 Å². The maximum Gasteiger partial charge on any atom is 0.253 e. The molecule has 2 aromatic rings. The molecule has 0 aromatic heterocycles. The first kappa shape index (κ1) is 21.5. The zero-order valence-corrected chi connectivity index (χ0v) is 19.5. The van der Waals surface area contributed by atoms with Crippen LogP contribution in [0.2, 0.25) is 0 Å². The van der Waals surface area contributed by atoms with Gasteiger partial charge in [0.05, 0.1) is 0 Å². The lowest BCUT2D eigenvalue weighted by atomic mass is 9.94. The van der Waals surface area contributed by atoms with E-state index in [0.717, 1.165) is 57.0 Å². The van der Waals surface area contributed by atoms with Gasteiger partial charge in [-0.15, -0.1) is 0 Å². The summed E-state index contributed by atoms with van der Waals surface area (Å²) in [6.45, 7) is 9.79. The lowest BCUT2D eigenvalue weighted by molar-refractivity contribution is 0.0622. The number of carbonyl (C=O) groups is 1. The van der Waals surface area contributed by atoms with Gasteiger partial charge in [-0.1, -0.05) is 31.2 Å². The van der Waals surface area contributed by atoms with Crippen molar-refractivity contribution in [1.29, 1.82) is 0 Å². The monoisotopic (exact) mass is 431 g/mol. The van der Waals surface area contributed by atoms with E-state index in [2.05, 4.69) is 58.0 Å². The summed E-state index contributed by atoms with van der Waals surface area (Å²) in [6, 6.07) is 17.1. The number of hydrogen-bond donors (Lipinski definition) is 0. The van der Waals surface area contributed by atoms with Crippen LogP contribution in [0.1, 0.15) is 54.1 Å². The van der Waals surface area contributed by atoms with Crippen LogP contribution in [0.5, 0.6) is 0 Å². The first-order chi connectivity index (χ1) is 15.7. The number of amides is 1. The number of hydrogen-bond acceptors (Lipinski definition) is 3. The molecular weight excluding hydrogens is 394 g/mol. The van der Waals surface area contributed by atoms with Crippen LogP contribution in [0.3, 0.4) is 0 Å². The highest BCUT2D eigenvalue weighted by atomic mass is 16.2. The first-order valence-electron chi connectivity index (χ1n) is 12.6. The molecule has 3 aliphatic heterocycles. The summed E-state index contributed by atoms with van der Waals surface area (Å²) in [5.41, 5.74) is 4.93. The number of anilines is 1.